The summed E-state index contributed by atoms with van der Waals surface area (Å²) in [6.45, 7) is 4.81. The highest BCUT2D eigenvalue weighted by molar-refractivity contribution is 6.36. The number of rotatable bonds is 5. The first-order chi connectivity index (χ1) is 13.6. The Morgan fingerprint density at radius 3 is 2.68 bits per heavy atom. The molecule has 3 aliphatic rings. The number of hydrogen-bond donors (Lipinski definition) is 0. The molecule has 0 aliphatic carbocycles. The predicted octanol–water partition coefficient (Wildman–Crippen LogP) is 2.69. The molecule has 6 heteroatoms. The second kappa shape index (κ2) is 7.95. The van der Waals surface area contributed by atoms with Gasteiger partial charge in [-0.15, -0.1) is 0 Å². The molecular formula is C22H28N2O4. The largest absolute Gasteiger partial charge is 0.496 e. The Morgan fingerprint density at radius 1 is 1.14 bits per heavy atom. The second-order valence-electron chi connectivity index (χ2n) is 7.97. The number of para-hydroxylation sites is 1. The number of methoxy groups -OCH3 is 1. The molecule has 3 heterocycles. The quantitative estimate of drug-likeness (QED) is 0.731. The van der Waals surface area contributed by atoms with Crippen molar-refractivity contribution in [1.82, 2.24) is 9.80 Å². The molecule has 4 rings (SSSR count). The molecule has 1 aromatic carbocycles. The molecule has 0 radical (unpaired) electrons. The number of carbonyl (C=O) groups is 2. The van der Waals surface area contributed by atoms with Gasteiger partial charge in [0.25, 0.3) is 11.8 Å². The van der Waals surface area contributed by atoms with Gasteiger partial charge in [-0.3, -0.25) is 14.5 Å². The third-order valence-corrected chi connectivity index (χ3v) is 5.90. The molecule has 150 valence electrons. The van der Waals surface area contributed by atoms with Crippen LogP contribution in [0.4, 0.5) is 0 Å². The van der Waals surface area contributed by atoms with Crippen LogP contribution in [-0.4, -0.2) is 61.1 Å². The Morgan fingerprint density at radius 2 is 1.96 bits per heavy atom. The second-order valence-corrected chi connectivity index (χ2v) is 7.97. The molecule has 2 saturated heterocycles. The van der Waals surface area contributed by atoms with Crippen LogP contribution in [0.5, 0.6) is 5.75 Å². The molecular weight excluding hydrogens is 356 g/mol. The van der Waals surface area contributed by atoms with Crippen molar-refractivity contribution >= 4 is 17.4 Å². The number of likely N-dealkylation sites (tertiary alicyclic amines) is 1. The van der Waals surface area contributed by atoms with Crippen molar-refractivity contribution in [2.24, 2.45) is 5.92 Å². The number of benzene rings is 1. The summed E-state index contributed by atoms with van der Waals surface area (Å²) in [5, 5.41) is 0. The summed E-state index contributed by atoms with van der Waals surface area (Å²) >= 11 is 0. The van der Waals surface area contributed by atoms with Crippen molar-refractivity contribution in [2.45, 2.75) is 38.7 Å². The first-order valence-corrected chi connectivity index (χ1v) is 10.2. The Labute approximate surface area is 166 Å². The fraction of sp³-hybridized carbons (Fsp3) is 0.545. The highest BCUT2D eigenvalue weighted by Crippen LogP contribution is 2.38. The molecule has 6 nitrogen and oxygen atoms in total. The van der Waals surface area contributed by atoms with Gasteiger partial charge in [-0.05, 0) is 37.7 Å². The fourth-order valence-electron chi connectivity index (χ4n) is 4.50. The Kier molecular flexibility index (Phi) is 5.40. The number of nitrogens with zero attached hydrogens (tertiary/aromatic N) is 2. The van der Waals surface area contributed by atoms with Crippen LogP contribution in [0.2, 0.25) is 0 Å². The summed E-state index contributed by atoms with van der Waals surface area (Å²) in [5.41, 5.74) is 1.68. The van der Waals surface area contributed by atoms with Crippen LogP contribution >= 0.6 is 0 Å². The van der Waals surface area contributed by atoms with E-state index in [1.165, 1.54) is 4.90 Å². The van der Waals surface area contributed by atoms with Crippen LogP contribution in [0.1, 0.15) is 38.2 Å². The molecule has 2 atom stereocenters. The SMILES string of the molecule is COc1ccccc1C1=C(N2CCCC(C)C2)C(=O)N(CC2CCCO2)C1=O. The van der Waals surface area contributed by atoms with Gasteiger partial charge in [0.1, 0.15) is 11.4 Å². The average molecular weight is 384 g/mol. The van der Waals surface area contributed by atoms with Crippen LogP contribution in [0.15, 0.2) is 30.0 Å². The number of imide groups is 1. The zero-order valence-corrected chi connectivity index (χ0v) is 16.6. The van der Waals surface area contributed by atoms with E-state index < -0.39 is 0 Å². The summed E-state index contributed by atoms with van der Waals surface area (Å²) in [4.78, 5) is 30.3. The van der Waals surface area contributed by atoms with E-state index in [0.717, 1.165) is 38.8 Å². The molecule has 2 unspecified atom stereocenters. The van der Waals surface area contributed by atoms with E-state index in [9.17, 15) is 9.59 Å². The maximum Gasteiger partial charge on any atom is 0.277 e. The molecule has 2 amide bonds. The molecule has 0 spiro atoms. The zero-order valence-electron chi connectivity index (χ0n) is 16.6. The summed E-state index contributed by atoms with van der Waals surface area (Å²) in [7, 11) is 1.59. The smallest absolute Gasteiger partial charge is 0.277 e. The van der Waals surface area contributed by atoms with E-state index in [-0.39, 0.29) is 17.9 Å². The Bertz CT molecular complexity index is 797. The molecule has 2 fully saturated rings. The number of carbonyl (C=O) groups excluding carboxylic acids is 2. The van der Waals surface area contributed by atoms with Crippen LogP contribution in [-0.2, 0) is 14.3 Å². The van der Waals surface area contributed by atoms with E-state index in [0.29, 0.717) is 41.7 Å². The predicted molar refractivity (Wildman–Crippen MR) is 106 cm³/mol. The minimum atomic E-state index is -0.238. The summed E-state index contributed by atoms with van der Waals surface area (Å²) in [6, 6.07) is 7.44. The lowest BCUT2D eigenvalue weighted by Gasteiger charge is -2.33. The summed E-state index contributed by atoms with van der Waals surface area (Å²) in [5.74, 6) is 0.671. The highest BCUT2D eigenvalue weighted by Gasteiger charge is 2.44. The van der Waals surface area contributed by atoms with Gasteiger partial charge in [0.2, 0.25) is 0 Å². The third-order valence-electron chi connectivity index (χ3n) is 5.90. The summed E-state index contributed by atoms with van der Waals surface area (Å²) < 4.78 is 11.2. The molecule has 3 aliphatic heterocycles. The van der Waals surface area contributed by atoms with Gasteiger partial charge in [0, 0.05) is 25.3 Å². The van der Waals surface area contributed by atoms with Crippen molar-refractivity contribution in [1.29, 1.82) is 0 Å². The van der Waals surface area contributed by atoms with E-state index in [1.807, 2.05) is 24.3 Å². The topological polar surface area (TPSA) is 59.1 Å². The van der Waals surface area contributed by atoms with Crippen LogP contribution in [0.25, 0.3) is 5.57 Å². The molecule has 0 aromatic heterocycles. The van der Waals surface area contributed by atoms with Gasteiger partial charge in [-0.25, -0.2) is 0 Å². The van der Waals surface area contributed by atoms with Gasteiger partial charge in [0.05, 0.1) is 25.3 Å². The zero-order chi connectivity index (χ0) is 19.7. The first kappa shape index (κ1) is 19.0. The van der Waals surface area contributed by atoms with Crippen LogP contribution in [0.3, 0.4) is 0 Å². The van der Waals surface area contributed by atoms with Crippen molar-refractivity contribution in [2.75, 3.05) is 33.4 Å². The Hall–Kier alpha value is -2.34. The lowest BCUT2D eigenvalue weighted by Crippen LogP contribution is -2.41. The lowest BCUT2D eigenvalue weighted by atomic mass is 9.97. The maximum absolute atomic E-state index is 13.4. The third kappa shape index (κ3) is 3.41. The molecule has 0 bridgehead atoms. The maximum atomic E-state index is 13.4. The van der Waals surface area contributed by atoms with Crippen molar-refractivity contribution in [3.05, 3.63) is 35.5 Å². The average Bonchev–Trinajstić information content (AvgIpc) is 3.30. The van der Waals surface area contributed by atoms with Gasteiger partial charge in [-0.1, -0.05) is 25.1 Å². The lowest BCUT2D eigenvalue weighted by molar-refractivity contribution is -0.139. The minimum absolute atomic E-state index is 0.0635. The van der Waals surface area contributed by atoms with Gasteiger partial charge >= 0.3 is 0 Å². The van der Waals surface area contributed by atoms with E-state index in [4.69, 9.17) is 9.47 Å². The normalized spacial score (nSPS) is 25.8. The van der Waals surface area contributed by atoms with Crippen molar-refractivity contribution in [3.8, 4) is 5.75 Å². The molecule has 0 N–H and O–H groups in total. The molecule has 0 saturated carbocycles. The number of amides is 2. The van der Waals surface area contributed by atoms with Gasteiger partial charge in [-0.2, -0.15) is 0 Å². The van der Waals surface area contributed by atoms with Gasteiger partial charge < -0.3 is 14.4 Å². The standard InChI is InChI=1S/C22H28N2O4/c1-15-7-5-11-23(13-15)20-19(17-9-3-4-10-18(17)27-2)21(25)24(22(20)26)14-16-8-6-12-28-16/h3-4,9-10,15-16H,5-8,11-14H2,1-2H3. The minimum Gasteiger partial charge on any atom is -0.496 e. The number of ether oxygens (including phenoxy) is 2. The summed E-state index contributed by atoms with van der Waals surface area (Å²) in [6.07, 6.45) is 3.97. The van der Waals surface area contributed by atoms with Crippen molar-refractivity contribution in [3.63, 3.8) is 0 Å². The van der Waals surface area contributed by atoms with Gasteiger partial charge in [0.15, 0.2) is 0 Å². The number of hydrogen-bond acceptors (Lipinski definition) is 5. The first-order valence-electron chi connectivity index (χ1n) is 10.2. The van der Waals surface area contributed by atoms with Crippen molar-refractivity contribution < 1.29 is 19.1 Å². The van der Waals surface area contributed by atoms with Crippen LogP contribution < -0.4 is 4.74 Å². The molecule has 1 aromatic rings. The fourth-order valence-corrected chi connectivity index (χ4v) is 4.50. The molecule has 28 heavy (non-hydrogen) atoms. The Balaban J connectivity index is 1.75. The number of piperidine rings is 1. The highest BCUT2D eigenvalue weighted by atomic mass is 16.5. The monoisotopic (exact) mass is 384 g/mol. The van der Waals surface area contributed by atoms with Crippen LogP contribution in [0, 0.1) is 5.92 Å². The van der Waals surface area contributed by atoms with E-state index in [1.54, 1.807) is 7.11 Å². The van der Waals surface area contributed by atoms with E-state index >= 15 is 0 Å². The van der Waals surface area contributed by atoms with E-state index in [2.05, 4.69) is 11.8 Å².